The molecule has 0 fully saturated rings. The van der Waals surface area contributed by atoms with Crippen molar-refractivity contribution in [2.75, 3.05) is 0 Å². The normalized spacial score (nSPS) is 11.6. The van der Waals surface area contributed by atoms with Crippen LogP contribution >= 0.6 is 11.3 Å². The molecule has 9 aromatic carbocycles. The van der Waals surface area contributed by atoms with Gasteiger partial charge in [0.15, 0.2) is 5.82 Å². The summed E-state index contributed by atoms with van der Waals surface area (Å²) in [4.78, 5) is 10.9. The summed E-state index contributed by atoms with van der Waals surface area (Å²) in [5.74, 6) is 0.698. The Morgan fingerprint density at radius 3 is 1.80 bits per heavy atom. The molecule has 0 saturated carbocycles. The maximum Gasteiger partial charge on any atom is 0.160 e. The molecule has 0 spiro atoms. The number of benzene rings is 9. The second-order valence-electron chi connectivity index (χ2n) is 14.1. The molecule has 0 aliphatic heterocycles. The zero-order chi connectivity index (χ0) is 36.3. The fourth-order valence-corrected chi connectivity index (χ4v) is 9.51. The van der Waals surface area contributed by atoms with Crippen LogP contribution in [0, 0.1) is 0 Å². The lowest BCUT2D eigenvalue weighted by molar-refractivity contribution is 1.19. The van der Waals surface area contributed by atoms with Crippen LogP contribution in [0.5, 0.6) is 0 Å². The minimum absolute atomic E-state index is 0.698. The largest absolute Gasteiger partial charge is 0.228 e. The summed E-state index contributed by atoms with van der Waals surface area (Å²) in [6.45, 7) is 0. The number of fused-ring (bicyclic) bond motifs is 7. The third-order valence-electron chi connectivity index (χ3n) is 10.9. The second kappa shape index (κ2) is 12.9. The molecular formula is C52H32N2S. The highest BCUT2D eigenvalue weighted by Crippen LogP contribution is 2.44. The first-order chi connectivity index (χ1) is 27.3. The van der Waals surface area contributed by atoms with E-state index in [-0.39, 0.29) is 0 Å². The van der Waals surface area contributed by atoms with Crippen LogP contribution < -0.4 is 0 Å². The highest BCUT2D eigenvalue weighted by molar-refractivity contribution is 7.26. The van der Waals surface area contributed by atoms with Gasteiger partial charge in [0.05, 0.1) is 11.4 Å². The number of hydrogen-bond acceptors (Lipinski definition) is 3. The molecule has 0 saturated heterocycles. The number of nitrogens with zero attached hydrogens (tertiary/aromatic N) is 2. The van der Waals surface area contributed by atoms with Crippen LogP contribution in [0.4, 0.5) is 0 Å². The van der Waals surface area contributed by atoms with Crippen LogP contribution in [-0.2, 0) is 0 Å². The van der Waals surface area contributed by atoms with Crippen molar-refractivity contribution in [3.8, 4) is 56.2 Å². The third-order valence-corrected chi connectivity index (χ3v) is 12.1. The van der Waals surface area contributed by atoms with Crippen LogP contribution in [0.25, 0.3) is 109 Å². The summed E-state index contributed by atoms with van der Waals surface area (Å²) in [6, 6.07) is 69.7. The van der Waals surface area contributed by atoms with Gasteiger partial charge >= 0.3 is 0 Å². The molecule has 11 aromatic rings. The molecule has 0 atom stereocenters. The van der Waals surface area contributed by atoms with E-state index in [9.17, 15) is 0 Å². The second-order valence-corrected chi connectivity index (χ2v) is 15.1. The van der Waals surface area contributed by atoms with E-state index in [2.05, 4.69) is 194 Å². The van der Waals surface area contributed by atoms with Gasteiger partial charge in [0.1, 0.15) is 0 Å². The summed E-state index contributed by atoms with van der Waals surface area (Å²) >= 11 is 1.86. The van der Waals surface area contributed by atoms with Crippen molar-refractivity contribution in [3.63, 3.8) is 0 Å². The Kier molecular flexibility index (Phi) is 7.39. The molecule has 0 aliphatic rings. The molecule has 0 N–H and O–H groups in total. The van der Waals surface area contributed by atoms with Gasteiger partial charge in [-0.25, -0.2) is 9.97 Å². The molecule has 0 unspecified atom stereocenters. The highest BCUT2D eigenvalue weighted by Gasteiger charge is 2.20. The molecule has 0 bridgehead atoms. The molecule has 2 nitrogen and oxygen atoms in total. The van der Waals surface area contributed by atoms with Crippen molar-refractivity contribution in [2.45, 2.75) is 0 Å². The lowest BCUT2D eigenvalue weighted by atomic mass is 9.90. The van der Waals surface area contributed by atoms with Gasteiger partial charge in [0.25, 0.3) is 0 Å². The molecule has 2 heterocycles. The van der Waals surface area contributed by atoms with Crippen LogP contribution in [0.2, 0.25) is 0 Å². The van der Waals surface area contributed by atoms with Crippen LogP contribution in [0.15, 0.2) is 194 Å². The smallest absolute Gasteiger partial charge is 0.160 e. The maximum absolute atomic E-state index is 5.45. The van der Waals surface area contributed by atoms with Gasteiger partial charge in [-0.3, -0.25) is 0 Å². The summed E-state index contributed by atoms with van der Waals surface area (Å²) in [5.41, 5.74) is 9.68. The summed E-state index contributed by atoms with van der Waals surface area (Å²) in [6.07, 6.45) is 0. The molecule has 3 heteroatoms. The van der Waals surface area contributed by atoms with Crippen molar-refractivity contribution in [1.82, 2.24) is 9.97 Å². The van der Waals surface area contributed by atoms with Gasteiger partial charge in [0, 0.05) is 42.4 Å². The fourth-order valence-electron chi connectivity index (χ4n) is 8.28. The van der Waals surface area contributed by atoms with Gasteiger partial charge in [0.2, 0.25) is 0 Å². The zero-order valence-corrected chi connectivity index (χ0v) is 30.6. The summed E-state index contributed by atoms with van der Waals surface area (Å²) in [5, 5.41) is 9.79. The van der Waals surface area contributed by atoms with E-state index in [1.807, 2.05) is 11.3 Å². The Morgan fingerprint density at radius 2 is 0.945 bits per heavy atom. The average Bonchev–Trinajstić information content (AvgIpc) is 3.65. The molecule has 0 aliphatic carbocycles. The van der Waals surface area contributed by atoms with Gasteiger partial charge in [-0.2, -0.15) is 0 Å². The minimum atomic E-state index is 0.698. The molecule has 55 heavy (non-hydrogen) atoms. The van der Waals surface area contributed by atoms with Gasteiger partial charge < -0.3 is 0 Å². The van der Waals surface area contributed by atoms with Crippen molar-refractivity contribution >= 4 is 63.8 Å². The standard InChI is InChI=1S/C52H32N2S/c1-2-13-33(14-3-1)34-25-27-36(28-26-34)52-53-47(41-20-9-8-19-40(41)44-22-12-23-45-42-21-10-11-24-49(42)55-51(44)45)32-48(54-52)50-39-18-7-5-16-37(39)31-46-38-17-6-4-15-35(38)29-30-43(46)50/h1-32H. The van der Waals surface area contributed by atoms with Crippen LogP contribution in [-0.4, -0.2) is 9.97 Å². The zero-order valence-electron chi connectivity index (χ0n) is 29.8. The van der Waals surface area contributed by atoms with E-state index in [4.69, 9.17) is 9.97 Å². The average molecular weight is 717 g/mol. The van der Waals surface area contributed by atoms with Gasteiger partial charge in [-0.1, -0.05) is 176 Å². The quantitative estimate of drug-likeness (QED) is 0.131. The predicted octanol–water partition coefficient (Wildman–Crippen LogP) is 14.6. The molecule has 256 valence electrons. The molecule has 2 aromatic heterocycles. The van der Waals surface area contributed by atoms with E-state index in [0.717, 1.165) is 39.2 Å². The highest BCUT2D eigenvalue weighted by atomic mass is 32.1. The number of thiophene rings is 1. The Hall–Kier alpha value is -6.94. The molecule has 11 rings (SSSR count). The van der Waals surface area contributed by atoms with Gasteiger partial charge in [-0.15, -0.1) is 11.3 Å². The summed E-state index contributed by atoms with van der Waals surface area (Å²) < 4.78 is 2.58. The Bertz CT molecular complexity index is 3250. The van der Waals surface area contributed by atoms with Crippen molar-refractivity contribution in [1.29, 1.82) is 0 Å². The van der Waals surface area contributed by atoms with Crippen LogP contribution in [0.1, 0.15) is 0 Å². The van der Waals surface area contributed by atoms with Crippen LogP contribution in [0.3, 0.4) is 0 Å². The minimum Gasteiger partial charge on any atom is -0.228 e. The van der Waals surface area contributed by atoms with Crippen molar-refractivity contribution in [2.24, 2.45) is 0 Å². The third kappa shape index (κ3) is 5.32. The Balaban J connectivity index is 1.19. The lowest BCUT2D eigenvalue weighted by Gasteiger charge is -2.17. The van der Waals surface area contributed by atoms with E-state index >= 15 is 0 Å². The van der Waals surface area contributed by atoms with Crippen molar-refractivity contribution < 1.29 is 0 Å². The molecule has 0 amide bonds. The summed E-state index contributed by atoms with van der Waals surface area (Å²) in [7, 11) is 0. The number of rotatable bonds is 5. The first-order valence-electron chi connectivity index (χ1n) is 18.7. The van der Waals surface area contributed by atoms with E-state index in [1.54, 1.807) is 0 Å². The Morgan fingerprint density at radius 1 is 0.327 bits per heavy atom. The van der Waals surface area contributed by atoms with Gasteiger partial charge in [-0.05, 0) is 67.2 Å². The first kappa shape index (κ1) is 31.6. The number of aromatic nitrogens is 2. The van der Waals surface area contributed by atoms with Crippen molar-refractivity contribution in [3.05, 3.63) is 194 Å². The molecular weight excluding hydrogens is 685 g/mol. The number of hydrogen-bond donors (Lipinski definition) is 0. The fraction of sp³-hybridized carbons (Fsp3) is 0. The first-order valence-corrected chi connectivity index (χ1v) is 19.5. The van der Waals surface area contributed by atoms with E-state index < -0.39 is 0 Å². The topological polar surface area (TPSA) is 25.8 Å². The maximum atomic E-state index is 5.45. The Labute approximate surface area is 322 Å². The van der Waals surface area contributed by atoms with E-state index in [0.29, 0.717) is 5.82 Å². The van der Waals surface area contributed by atoms with E-state index in [1.165, 1.54) is 63.6 Å². The lowest BCUT2D eigenvalue weighted by Crippen LogP contribution is -1.98. The molecule has 0 radical (unpaired) electrons. The SMILES string of the molecule is c1ccc(-c2ccc(-c3nc(-c4ccccc4-c4cccc5c4sc4ccccc45)cc(-c4c5ccccc5cc5c4ccc4ccccc45)n3)cc2)cc1. The predicted molar refractivity (Wildman–Crippen MR) is 235 cm³/mol. The monoisotopic (exact) mass is 716 g/mol.